The molecule has 136 valence electrons. The highest BCUT2D eigenvalue weighted by Gasteiger charge is 2.30. The first kappa shape index (κ1) is 16.1. The number of carbonyl (C=O) groups excluding carboxylic acids is 1. The molecule has 3 heterocycles. The van der Waals surface area contributed by atoms with Crippen molar-refractivity contribution in [2.24, 2.45) is 5.92 Å². The second-order valence-corrected chi connectivity index (χ2v) is 7.32. The summed E-state index contributed by atoms with van der Waals surface area (Å²) in [6.45, 7) is 2.37. The fourth-order valence-corrected chi connectivity index (χ4v) is 3.38. The summed E-state index contributed by atoms with van der Waals surface area (Å²) in [5.41, 5.74) is 2.98. The van der Waals surface area contributed by atoms with Crippen LogP contribution in [0.3, 0.4) is 0 Å². The van der Waals surface area contributed by atoms with Gasteiger partial charge in [0.1, 0.15) is 5.69 Å². The van der Waals surface area contributed by atoms with Gasteiger partial charge in [0.25, 0.3) is 5.91 Å². The van der Waals surface area contributed by atoms with Gasteiger partial charge in [-0.25, -0.2) is 4.98 Å². The van der Waals surface area contributed by atoms with Crippen molar-refractivity contribution >= 4 is 22.8 Å². The number of nitrogens with one attached hydrogen (secondary N) is 1. The molecule has 0 bridgehead atoms. The van der Waals surface area contributed by atoms with E-state index in [0.717, 1.165) is 35.6 Å². The molecule has 0 unspecified atom stereocenters. The number of nitrogens with zero attached hydrogens (tertiary/aromatic N) is 5. The predicted octanol–water partition coefficient (Wildman–Crippen LogP) is 2.16. The van der Waals surface area contributed by atoms with Crippen molar-refractivity contribution in [3.05, 3.63) is 54.0 Å². The van der Waals surface area contributed by atoms with Crippen LogP contribution in [0.1, 0.15) is 34.9 Å². The zero-order valence-electron chi connectivity index (χ0n) is 14.9. The third-order valence-electron chi connectivity index (χ3n) is 5.18. The molecule has 1 saturated heterocycles. The number of aromatic nitrogens is 4. The second kappa shape index (κ2) is 6.57. The van der Waals surface area contributed by atoms with Gasteiger partial charge in [0.2, 0.25) is 0 Å². The van der Waals surface area contributed by atoms with Crippen molar-refractivity contribution in [3.63, 3.8) is 0 Å². The first-order chi connectivity index (χ1) is 13.3. The van der Waals surface area contributed by atoms with Crippen molar-refractivity contribution in [1.29, 1.82) is 0 Å². The molecule has 1 aromatic carbocycles. The molecule has 5 rings (SSSR count). The third-order valence-corrected chi connectivity index (χ3v) is 5.18. The quantitative estimate of drug-likeness (QED) is 0.751. The number of anilines is 1. The minimum absolute atomic E-state index is 0.180. The van der Waals surface area contributed by atoms with E-state index in [2.05, 4.69) is 42.5 Å². The van der Waals surface area contributed by atoms with Gasteiger partial charge in [-0.05, 0) is 37.1 Å². The Labute approximate surface area is 156 Å². The Morgan fingerprint density at radius 1 is 1.07 bits per heavy atom. The first-order valence-electron chi connectivity index (χ1n) is 9.35. The zero-order chi connectivity index (χ0) is 18.2. The summed E-state index contributed by atoms with van der Waals surface area (Å²) in [6, 6.07) is 11.7. The number of para-hydroxylation sites is 2. The number of hydrogen-bond donors (Lipinski definition) is 1. The van der Waals surface area contributed by atoms with Crippen molar-refractivity contribution < 1.29 is 4.79 Å². The number of benzene rings is 1. The van der Waals surface area contributed by atoms with E-state index in [-0.39, 0.29) is 5.91 Å². The summed E-state index contributed by atoms with van der Waals surface area (Å²) in [5.74, 6) is 1.78. The van der Waals surface area contributed by atoms with Crippen LogP contribution in [0.2, 0.25) is 0 Å². The molecule has 7 nitrogen and oxygen atoms in total. The highest BCUT2D eigenvalue weighted by Crippen LogP contribution is 2.38. The Bertz CT molecular complexity index is 979. The summed E-state index contributed by atoms with van der Waals surface area (Å²) in [4.78, 5) is 23.2. The summed E-state index contributed by atoms with van der Waals surface area (Å²) in [7, 11) is 0. The Balaban J connectivity index is 1.13. The third kappa shape index (κ3) is 3.32. The van der Waals surface area contributed by atoms with Gasteiger partial charge in [0, 0.05) is 31.5 Å². The predicted molar refractivity (Wildman–Crippen MR) is 102 cm³/mol. The van der Waals surface area contributed by atoms with Crippen molar-refractivity contribution in [2.45, 2.75) is 18.8 Å². The lowest BCUT2D eigenvalue weighted by Gasteiger charge is -2.39. The van der Waals surface area contributed by atoms with Crippen LogP contribution >= 0.6 is 0 Å². The van der Waals surface area contributed by atoms with Gasteiger partial charge >= 0.3 is 0 Å². The molecule has 2 aliphatic rings. The molecular formula is C20H20N6O. The van der Waals surface area contributed by atoms with Crippen molar-refractivity contribution in [2.75, 3.05) is 24.5 Å². The van der Waals surface area contributed by atoms with Gasteiger partial charge in [0.15, 0.2) is 5.82 Å². The van der Waals surface area contributed by atoms with Crippen LogP contribution in [0.15, 0.2) is 42.6 Å². The standard InChI is InChI=1S/C20H20N6O/c27-20(18-10-21-16-3-1-2-4-17(16)23-18)22-9-13-11-26(12-13)19-8-7-15(24-25-19)14-5-6-14/h1-4,7-8,10,13-14H,5-6,9,11-12H2,(H,22,27). The van der Waals surface area contributed by atoms with Crippen LogP contribution in [-0.4, -0.2) is 45.7 Å². The summed E-state index contributed by atoms with van der Waals surface area (Å²) < 4.78 is 0. The molecule has 1 aliphatic carbocycles. The highest BCUT2D eigenvalue weighted by atomic mass is 16.1. The van der Waals surface area contributed by atoms with Crippen LogP contribution in [-0.2, 0) is 0 Å². The number of carbonyl (C=O) groups is 1. The summed E-state index contributed by atoms with van der Waals surface area (Å²) in [5, 5.41) is 11.6. The maximum Gasteiger partial charge on any atom is 0.271 e. The normalized spacial score (nSPS) is 17.0. The molecule has 1 N–H and O–H groups in total. The lowest BCUT2D eigenvalue weighted by atomic mass is 10.00. The molecule has 1 saturated carbocycles. The average Bonchev–Trinajstić information content (AvgIpc) is 3.52. The van der Waals surface area contributed by atoms with Gasteiger partial charge in [-0.15, -0.1) is 5.10 Å². The molecule has 1 amide bonds. The Hall–Kier alpha value is -3.09. The molecule has 0 atom stereocenters. The highest BCUT2D eigenvalue weighted by molar-refractivity contribution is 5.93. The van der Waals surface area contributed by atoms with Crippen LogP contribution in [0, 0.1) is 5.92 Å². The van der Waals surface area contributed by atoms with Crippen LogP contribution in [0.4, 0.5) is 5.82 Å². The van der Waals surface area contributed by atoms with E-state index in [1.54, 1.807) is 0 Å². The van der Waals surface area contributed by atoms with Crippen molar-refractivity contribution in [1.82, 2.24) is 25.5 Å². The minimum atomic E-state index is -0.180. The van der Waals surface area contributed by atoms with Crippen molar-refractivity contribution in [3.8, 4) is 0 Å². The van der Waals surface area contributed by atoms with Crippen LogP contribution in [0.5, 0.6) is 0 Å². The molecule has 0 radical (unpaired) electrons. The number of hydrogen-bond acceptors (Lipinski definition) is 6. The smallest absolute Gasteiger partial charge is 0.271 e. The largest absolute Gasteiger partial charge is 0.354 e. The summed E-state index contributed by atoms with van der Waals surface area (Å²) in [6.07, 6.45) is 4.00. The molecule has 3 aromatic rings. The Morgan fingerprint density at radius 3 is 2.63 bits per heavy atom. The van der Waals surface area contributed by atoms with Gasteiger partial charge in [-0.1, -0.05) is 12.1 Å². The molecular weight excluding hydrogens is 340 g/mol. The maximum absolute atomic E-state index is 12.3. The Kier molecular flexibility index (Phi) is 3.92. The van der Waals surface area contributed by atoms with E-state index < -0.39 is 0 Å². The van der Waals surface area contributed by atoms with E-state index in [9.17, 15) is 4.79 Å². The van der Waals surface area contributed by atoms with E-state index in [1.807, 2.05) is 24.3 Å². The number of rotatable bonds is 5. The van der Waals surface area contributed by atoms with Gasteiger partial charge < -0.3 is 10.2 Å². The van der Waals surface area contributed by atoms with Crippen LogP contribution < -0.4 is 10.2 Å². The summed E-state index contributed by atoms with van der Waals surface area (Å²) >= 11 is 0. The molecule has 7 heteroatoms. The maximum atomic E-state index is 12.3. The topological polar surface area (TPSA) is 83.9 Å². The molecule has 2 fully saturated rings. The number of amides is 1. The molecule has 2 aromatic heterocycles. The Morgan fingerprint density at radius 2 is 1.89 bits per heavy atom. The van der Waals surface area contributed by atoms with E-state index in [4.69, 9.17) is 0 Å². The zero-order valence-corrected chi connectivity index (χ0v) is 14.9. The second-order valence-electron chi connectivity index (χ2n) is 7.32. The van der Waals surface area contributed by atoms with Gasteiger partial charge in [-0.2, -0.15) is 5.10 Å². The fourth-order valence-electron chi connectivity index (χ4n) is 3.38. The van der Waals surface area contributed by atoms with E-state index in [0.29, 0.717) is 24.1 Å². The minimum Gasteiger partial charge on any atom is -0.354 e. The molecule has 0 spiro atoms. The molecule has 27 heavy (non-hydrogen) atoms. The SMILES string of the molecule is O=C(NCC1CN(c2ccc(C3CC3)nn2)C1)c1cnc2ccccc2n1. The van der Waals surface area contributed by atoms with Gasteiger partial charge in [-0.3, -0.25) is 9.78 Å². The lowest BCUT2D eigenvalue weighted by Crippen LogP contribution is -2.52. The monoisotopic (exact) mass is 360 g/mol. The van der Waals surface area contributed by atoms with Crippen LogP contribution in [0.25, 0.3) is 11.0 Å². The van der Waals surface area contributed by atoms with E-state index in [1.165, 1.54) is 19.0 Å². The molecule has 1 aliphatic heterocycles. The lowest BCUT2D eigenvalue weighted by molar-refractivity contribution is 0.0939. The fraction of sp³-hybridized carbons (Fsp3) is 0.350. The van der Waals surface area contributed by atoms with Gasteiger partial charge in [0.05, 0.1) is 22.9 Å². The number of fused-ring (bicyclic) bond motifs is 1. The van der Waals surface area contributed by atoms with E-state index >= 15 is 0 Å². The first-order valence-corrected chi connectivity index (χ1v) is 9.35. The average molecular weight is 360 g/mol.